The lowest BCUT2D eigenvalue weighted by atomic mass is 10.1. The third-order valence-electron chi connectivity index (χ3n) is 5.95. The first-order valence-corrected chi connectivity index (χ1v) is 11.0. The van der Waals surface area contributed by atoms with Crippen molar-refractivity contribution in [2.24, 2.45) is 4.99 Å². The summed E-state index contributed by atoms with van der Waals surface area (Å²) < 4.78 is 55.3. The summed E-state index contributed by atoms with van der Waals surface area (Å²) in [6, 6.07) is 7.94. The Morgan fingerprint density at radius 1 is 1.09 bits per heavy atom. The zero-order chi connectivity index (χ0) is 23.6. The van der Waals surface area contributed by atoms with Crippen molar-refractivity contribution in [1.82, 2.24) is 9.88 Å². The van der Waals surface area contributed by atoms with Crippen molar-refractivity contribution in [2.45, 2.75) is 25.9 Å². The third kappa shape index (κ3) is 5.13. The van der Waals surface area contributed by atoms with Gasteiger partial charge >= 0.3 is 6.18 Å². The Balaban J connectivity index is 1.59. The zero-order valence-corrected chi connectivity index (χ0v) is 18.3. The van der Waals surface area contributed by atoms with Crippen LogP contribution in [0.1, 0.15) is 30.9 Å². The predicted octanol–water partition coefficient (Wildman–Crippen LogP) is 5.70. The summed E-state index contributed by atoms with van der Waals surface area (Å²) in [5.74, 6) is -0.720. The van der Waals surface area contributed by atoms with Gasteiger partial charge in [0.15, 0.2) is 5.88 Å². The molecule has 0 saturated carbocycles. The molecule has 0 bridgehead atoms. The maximum absolute atomic E-state index is 13.9. The van der Waals surface area contributed by atoms with E-state index in [0.717, 1.165) is 38.5 Å². The van der Waals surface area contributed by atoms with Gasteiger partial charge in [-0.2, -0.15) is 13.2 Å². The highest BCUT2D eigenvalue weighted by Crippen LogP contribution is 2.39. The van der Waals surface area contributed by atoms with Crippen LogP contribution in [0.2, 0.25) is 0 Å². The van der Waals surface area contributed by atoms with Gasteiger partial charge in [0.1, 0.15) is 5.82 Å². The van der Waals surface area contributed by atoms with Crippen molar-refractivity contribution in [1.29, 1.82) is 0 Å². The van der Waals surface area contributed by atoms with E-state index in [4.69, 9.17) is 0 Å². The molecule has 1 saturated heterocycles. The Morgan fingerprint density at radius 3 is 2.55 bits per heavy atom. The summed E-state index contributed by atoms with van der Waals surface area (Å²) >= 11 is 0. The molecule has 0 aliphatic carbocycles. The highest BCUT2D eigenvalue weighted by Gasteiger charge is 2.36. The summed E-state index contributed by atoms with van der Waals surface area (Å²) in [7, 11) is 0. The molecule has 1 aliphatic rings. The molecule has 2 aromatic carbocycles. The first-order chi connectivity index (χ1) is 15.8. The van der Waals surface area contributed by atoms with Gasteiger partial charge in [0.25, 0.3) is 0 Å². The number of aromatic amines is 1. The van der Waals surface area contributed by atoms with E-state index < -0.39 is 17.6 Å². The Bertz CT molecular complexity index is 1150. The van der Waals surface area contributed by atoms with Crippen molar-refractivity contribution in [3.8, 4) is 5.88 Å². The number of halogens is 4. The molecule has 5 nitrogen and oxygen atoms in total. The van der Waals surface area contributed by atoms with E-state index in [9.17, 15) is 22.7 Å². The lowest BCUT2D eigenvalue weighted by molar-refractivity contribution is -0.137. The van der Waals surface area contributed by atoms with Crippen LogP contribution in [-0.4, -0.2) is 53.9 Å². The lowest BCUT2D eigenvalue weighted by Crippen LogP contribution is -2.47. The normalized spacial score (nSPS) is 15.7. The molecule has 4 rings (SSSR count). The van der Waals surface area contributed by atoms with E-state index in [-0.39, 0.29) is 22.8 Å². The topological polar surface area (TPSA) is 54.9 Å². The van der Waals surface area contributed by atoms with Gasteiger partial charge < -0.3 is 15.0 Å². The summed E-state index contributed by atoms with van der Waals surface area (Å²) in [6.07, 6.45) is -1.12. The summed E-state index contributed by atoms with van der Waals surface area (Å²) in [5.41, 5.74) is 0.213. The number of alkyl halides is 3. The highest BCUT2D eigenvalue weighted by molar-refractivity contribution is 6.02. The number of aromatic nitrogens is 1. The molecular weight excluding hydrogens is 436 g/mol. The smallest absolute Gasteiger partial charge is 0.418 e. The fourth-order valence-corrected chi connectivity index (χ4v) is 4.14. The molecule has 176 valence electrons. The SMILES string of the molecule is CCCCN1CCN(c2ccc(N=Cc3c(O)[nH]c4ccc(F)cc34)cc2C(F)(F)F)CC1. The van der Waals surface area contributed by atoms with E-state index in [1.54, 1.807) is 4.90 Å². The summed E-state index contributed by atoms with van der Waals surface area (Å²) in [5, 5.41) is 10.5. The zero-order valence-electron chi connectivity index (χ0n) is 18.3. The van der Waals surface area contributed by atoms with Crippen molar-refractivity contribution in [3.05, 3.63) is 53.3 Å². The van der Waals surface area contributed by atoms with Gasteiger partial charge in [0.05, 0.1) is 16.8 Å². The van der Waals surface area contributed by atoms with Gasteiger partial charge in [-0.05, 0) is 49.4 Å². The number of aromatic hydroxyl groups is 1. The Labute approximate surface area is 189 Å². The number of benzene rings is 2. The van der Waals surface area contributed by atoms with Crippen molar-refractivity contribution in [3.63, 3.8) is 0 Å². The van der Waals surface area contributed by atoms with E-state index in [0.29, 0.717) is 24.0 Å². The molecule has 2 N–H and O–H groups in total. The Morgan fingerprint density at radius 2 is 1.85 bits per heavy atom. The van der Waals surface area contributed by atoms with Gasteiger partial charge in [-0.1, -0.05) is 13.3 Å². The van der Waals surface area contributed by atoms with Crippen LogP contribution >= 0.6 is 0 Å². The second kappa shape index (κ2) is 9.43. The molecule has 33 heavy (non-hydrogen) atoms. The Kier molecular flexibility index (Phi) is 6.60. The number of anilines is 1. The van der Waals surface area contributed by atoms with Gasteiger partial charge in [-0.15, -0.1) is 0 Å². The average molecular weight is 462 g/mol. The van der Waals surface area contributed by atoms with Gasteiger partial charge in [-0.3, -0.25) is 9.89 Å². The number of hydrogen-bond acceptors (Lipinski definition) is 4. The first kappa shape index (κ1) is 23.1. The molecule has 1 aromatic heterocycles. The fourth-order valence-electron chi connectivity index (χ4n) is 4.14. The largest absolute Gasteiger partial charge is 0.494 e. The quantitative estimate of drug-likeness (QED) is 0.365. The van der Waals surface area contributed by atoms with E-state index >= 15 is 0 Å². The number of unbranched alkanes of at least 4 members (excludes halogenated alkanes) is 1. The molecule has 1 fully saturated rings. The molecule has 0 spiro atoms. The second-order valence-corrected chi connectivity index (χ2v) is 8.22. The van der Waals surface area contributed by atoms with Crippen LogP contribution in [0.4, 0.5) is 28.9 Å². The van der Waals surface area contributed by atoms with E-state index in [1.165, 1.54) is 36.5 Å². The monoisotopic (exact) mass is 462 g/mol. The van der Waals surface area contributed by atoms with Crippen LogP contribution in [-0.2, 0) is 6.18 Å². The maximum Gasteiger partial charge on any atom is 0.418 e. The minimum atomic E-state index is -4.54. The summed E-state index contributed by atoms with van der Waals surface area (Å²) in [6.45, 7) is 5.61. The minimum absolute atomic E-state index is 0.0952. The highest BCUT2D eigenvalue weighted by atomic mass is 19.4. The number of rotatable bonds is 6. The van der Waals surface area contributed by atoms with Crippen LogP contribution in [0.3, 0.4) is 0 Å². The molecule has 0 amide bonds. The van der Waals surface area contributed by atoms with Crippen LogP contribution in [0.15, 0.2) is 41.4 Å². The number of H-pyrrole nitrogens is 1. The molecule has 1 aliphatic heterocycles. The fraction of sp³-hybridized carbons (Fsp3) is 0.375. The standard InChI is InChI=1S/C24H26F4N4O/c1-2-3-8-31-9-11-32(12-10-31)22-7-5-17(14-20(22)24(26,27)28)29-15-19-18-13-16(25)4-6-21(18)30-23(19)33/h4-7,13-15,30,33H,2-3,8-12H2,1H3. The molecule has 0 radical (unpaired) electrons. The second-order valence-electron chi connectivity index (χ2n) is 8.22. The number of hydrogen-bond donors (Lipinski definition) is 2. The van der Waals surface area contributed by atoms with E-state index in [2.05, 4.69) is 21.8 Å². The molecule has 2 heterocycles. The number of nitrogens with zero attached hydrogens (tertiary/aromatic N) is 3. The van der Waals surface area contributed by atoms with Crippen LogP contribution in [0.5, 0.6) is 5.88 Å². The number of nitrogens with one attached hydrogen (secondary N) is 1. The third-order valence-corrected chi connectivity index (χ3v) is 5.95. The number of fused-ring (bicyclic) bond motifs is 1. The average Bonchev–Trinajstić information content (AvgIpc) is 3.10. The Hall–Kier alpha value is -3.07. The lowest BCUT2D eigenvalue weighted by Gasteiger charge is -2.37. The minimum Gasteiger partial charge on any atom is -0.494 e. The van der Waals surface area contributed by atoms with Gasteiger partial charge in [-0.25, -0.2) is 4.39 Å². The first-order valence-electron chi connectivity index (χ1n) is 11.0. The molecule has 9 heteroatoms. The number of aliphatic imine (C=N–C) groups is 1. The molecule has 0 atom stereocenters. The van der Waals surface area contributed by atoms with Crippen molar-refractivity contribution < 1.29 is 22.7 Å². The van der Waals surface area contributed by atoms with E-state index in [1.807, 2.05) is 0 Å². The summed E-state index contributed by atoms with van der Waals surface area (Å²) in [4.78, 5) is 10.9. The van der Waals surface area contributed by atoms with Crippen LogP contribution in [0, 0.1) is 5.82 Å². The molecular formula is C24H26F4N4O. The van der Waals surface area contributed by atoms with Gasteiger partial charge in [0, 0.05) is 49.0 Å². The van der Waals surface area contributed by atoms with Crippen LogP contribution < -0.4 is 4.90 Å². The molecule has 0 unspecified atom stereocenters. The van der Waals surface area contributed by atoms with Gasteiger partial charge in [0.2, 0.25) is 0 Å². The number of piperazine rings is 1. The van der Waals surface area contributed by atoms with Crippen molar-refractivity contribution >= 4 is 28.5 Å². The maximum atomic E-state index is 13.9. The van der Waals surface area contributed by atoms with Crippen LogP contribution in [0.25, 0.3) is 10.9 Å². The van der Waals surface area contributed by atoms with Crippen molar-refractivity contribution in [2.75, 3.05) is 37.6 Å². The predicted molar refractivity (Wildman–Crippen MR) is 122 cm³/mol. The molecule has 3 aromatic rings.